The van der Waals surface area contributed by atoms with Gasteiger partial charge in [-0.1, -0.05) is 26.0 Å². The van der Waals surface area contributed by atoms with Crippen LogP contribution in [0.15, 0.2) is 53.8 Å². The lowest BCUT2D eigenvalue weighted by Crippen LogP contribution is -2.29. The molecule has 0 N–H and O–H groups in total. The molecule has 1 atom stereocenters. The molecular formula is C18H19N3O2. The summed E-state index contributed by atoms with van der Waals surface area (Å²) in [6.07, 6.45) is 5.14. The number of nitrogens with zero attached hydrogens (tertiary/aromatic N) is 3. The van der Waals surface area contributed by atoms with Gasteiger partial charge in [-0.05, 0) is 29.7 Å². The van der Waals surface area contributed by atoms with Crippen molar-refractivity contribution in [2.75, 3.05) is 7.11 Å². The highest BCUT2D eigenvalue weighted by Crippen LogP contribution is 2.26. The molecule has 0 radical (unpaired) electrons. The Labute approximate surface area is 134 Å². The Bertz CT molecular complexity index is 872. The summed E-state index contributed by atoms with van der Waals surface area (Å²) >= 11 is 0. The van der Waals surface area contributed by atoms with Gasteiger partial charge in [0.2, 0.25) is 0 Å². The second-order valence-electron chi connectivity index (χ2n) is 5.79. The van der Waals surface area contributed by atoms with Crippen molar-refractivity contribution in [3.05, 3.63) is 65.0 Å². The number of hydrogen-bond acceptors (Lipinski definition) is 4. The van der Waals surface area contributed by atoms with E-state index in [2.05, 4.69) is 23.8 Å². The summed E-state index contributed by atoms with van der Waals surface area (Å²) in [4.78, 5) is 21.7. The molecule has 3 rings (SSSR count). The second kappa shape index (κ2) is 6.20. The first-order chi connectivity index (χ1) is 11.1. The van der Waals surface area contributed by atoms with E-state index in [1.807, 2.05) is 24.3 Å². The zero-order valence-corrected chi connectivity index (χ0v) is 13.4. The summed E-state index contributed by atoms with van der Waals surface area (Å²) in [6.45, 7) is 4.16. The number of fused-ring (bicyclic) bond motifs is 1. The van der Waals surface area contributed by atoms with Crippen molar-refractivity contribution in [2.24, 2.45) is 5.92 Å². The van der Waals surface area contributed by atoms with Gasteiger partial charge in [0, 0.05) is 12.4 Å². The SMILES string of the molecule is COc1cccc2ncn(C(c3cccnc3)C(C)C)c(=O)c12. The average molecular weight is 309 g/mol. The van der Waals surface area contributed by atoms with Crippen LogP contribution in [0.25, 0.3) is 10.9 Å². The normalized spacial score (nSPS) is 12.5. The molecule has 0 spiro atoms. The van der Waals surface area contributed by atoms with Gasteiger partial charge in [-0.3, -0.25) is 14.3 Å². The first-order valence-electron chi connectivity index (χ1n) is 7.57. The van der Waals surface area contributed by atoms with Gasteiger partial charge in [0.05, 0.1) is 25.0 Å². The third kappa shape index (κ3) is 2.70. The van der Waals surface area contributed by atoms with Crippen molar-refractivity contribution < 1.29 is 4.74 Å². The molecule has 0 fully saturated rings. The molecule has 1 unspecified atom stereocenters. The van der Waals surface area contributed by atoms with Crippen LogP contribution in [0.1, 0.15) is 25.5 Å². The van der Waals surface area contributed by atoms with E-state index in [9.17, 15) is 4.79 Å². The number of aromatic nitrogens is 3. The van der Waals surface area contributed by atoms with E-state index >= 15 is 0 Å². The molecule has 1 aromatic carbocycles. The van der Waals surface area contributed by atoms with Crippen LogP contribution in [0.3, 0.4) is 0 Å². The molecule has 0 amide bonds. The Morgan fingerprint density at radius 3 is 2.65 bits per heavy atom. The van der Waals surface area contributed by atoms with Crippen LogP contribution in [0.2, 0.25) is 0 Å². The lowest BCUT2D eigenvalue weighted by Gasteiger charge is -2.23. The Morgan fingerprint density at radius 2 is 2.00 bits per heavy atom. The quantitative estimate of drug-likeness (QED) is 0.743. The maximum atomic E-state index is 13.0. The highest BCUT2D eigenvalue weighted by atomic mass is 16.5. The smallest absolute Gasteiger partial charge is 0.265 e. The molecule has 0 aliphatic rings. The standard InChI is InChI=1S/C18H19N3O2/c1-12(2)17(13-6-5-9-19-10-13)21-11-20-14-7-4-8-15(23-3)16(14)18(21)22/h4-12,17H,1-3H3. The van der Waals surface area contributed by atoms with Gasteiger partial charge in [0.25, 0.3) is 5.56 Å². The largest absolute Gasteiger partial charge is 0.496 e. The number of benzene rings is 1. The Kier molecular flexibility index (Phi) is 4.10. The van der Waals surface area contributed by atoms with Crippen LogP contribution < -0.4 is 10.3 Å². The van der Waals surface area contributed by atoms with Gasteiger partial charge in [-0.25, -0.2) is 4.98 Å². The van der Waals surface area contributed by atoms with Crippen molar-refractivity contribution >= 4 is 10.9 Å². The third-order valence-corrected chi connectivity index (χ3v) is 3.95. The van der Waals surface area contributed by atoms with Crippen LogP contribution >= 0.6 is 0 Å². The molecular weight excluding hydrogens is 290 g/mol. The van der Waals surface area contributed by atoms with E-state index in [1.165, 1.54) is 0 Å². The summed E-state index contributed by atoms with van der Waals surface area (Å²) < 4.78 is 7.02. The minimum absolute atomic E-state index is 0.102. The van der Waals surface area contributed by atoms with Gasteiger partial charge in [0.15, 0.2) is 0 Å². The van der Waals surface area contributed by atoms with E-state index in [1.54, 1.807) is 36.5 Å². The Hall–Kier alpha value is -2.69. The lowest BCUT2D eigenvalue weighted by atomic mass is 9.97. The van der Waals surface area contributed by atoms with Crippen LogP contribution in [0, 0.1) is 5.92 Å². The molecule has 5 nitrogen and oxygen atoms in total. The lowest BCUT2D eigenvalue weighted by molar-refractivity contribution is 0.412. The van der Waals surface area contributed by atoms with Gasteiger partial charge < -0.3 is 4.74 Å². The molecule has 118 valence electrons. The first-order valence-corrected chi connectivity index (χ1v) is 7.57. The predicted octanol–water partition coefficient (Wildman–Crippen LogP) is 3.05. The fourth-order valence-corrected chi connectivity index (χ4v) is 2.93. The van der Waals surface area contributed by atoms with Crippen LogP contribution in [-0.4, -0.2) is 21.6 Å². The number of pyridine rings is 1. The van der Waals surface area contributed by atoms with E-state index in [0.717, 1.165) is 5.56 Å². The van der Waals surface area contributed by atoms with Gasteiger partial charge in [-0.15, -0.1) is 0 Å². The zero-order valence-electron chi connectivity index (χ0n) is 13.4. The maximum Gasteiger partial charge on any atom is 0.265 e. The van der Waals surface area contributed by atoms with Crippen LogP contribution in [-0.2, 0) is 0 Å². The highest BCUT2D eigenvalue weighted by Gasteiger charge is 2.21. The minimum atomic E-state index is -0.127. The van der Waals surface area contributed by atoms with Crippen molar-refractivity contribution in [3.8, 4) is 5.75 Å². The second-order valence-corrected chi connectivity index (χ2v) is 5.79. The average Bonchev–Trinajstić information content (AvgIpc) is 2.57. The molecule has 2 heterocycles. The molecule has 23 heavy (non-hydrogen) atoms. The maximum absolute atomic E-state index is 13.0. The molecule has 0 saturated carbocycles. The van der Waals surface area contributed by atoms with E-state index < -0.39 is 0 Å². The van der Waals surface area contributed by atoms with Gasteiger partial charge in [-0.2, -0.15) is 0 Å². The summed E-state index contributed by atoms with van der Waals surface area (Å²) in [6, 6.07) is 9.17. The Morgan fingerprint density at radius 1 is 1.17 bits per heavy atom. The molecule has 0 saturated heterocycles. The van der Waals surface area contributed by atoms with Crippen molar-refractivity contribution in [1.82, 2.24) is 14.5 Å². The fourth-order valence-electron chi connectivity index (χ4n) is 2.93. The summed E-state index contributed by atoms with van der Waals surface area (Å²) in [7, 11) is 1.56. The molecule has 2 aromatic heterocycles. The number of hydrogen-bond donors (Lipinski definition) is 0. The third-order valence-electron chi connectivity index (χ3n) is 3.95. The summed E-state index contributed by atoms with van der Waals surface area (Å²) in [5.41, 5.74) is 1.52. The zero-order chi connectivity index (χ0) is 16.4. The highest BCUT2D eigenvalue weighted by molar-refractivity contribution is 5.84. The number of rotatable bonds is 4. The number of ether oxygens (including phenoxy) is 1. The molecule has 0 aliphatic carbocycles. The topological polar surface area (TPSA) is 57.0 Å². The van der Waals surface area contributed by atoms with E-state index in [4.69, 9.17) is 4.74 Å². The first kappa shape index (κ1) is 15.2. The van der Waals surface area contributed by atoms with Crippen molar-refractivity contribution in [1.29, 1.82) is 0 Å². The molecule has 5 heteroatoms. The number of methoxy groups -OCH3 is 1. The van der Waals surface area contributed by atoms with Crippen molar-refractivity contribution in [2.45, 2.75) is 19.9 Å². The molecule has 0 aliphatic heterocycles. The minimum Gasteiger partial charge on any atom is -0.496 e. The molecule has 0 bridgehead atoms. The van der Waals surface area contributed by atoms with Gasteiger partial charge in [0.1, 0.15) is 11.1 Å². The van der Waals surface area contributed by atoms with E-state index in [-0.39, 0.29) is 17.5 Å². The predicted molar refractivity (Wildman–Crippen MR) is 89.8 cm³/mol. The van der Waals surface area contributed by atoms with Crippen LogP contribution in [0.5, 0.6) is 5.75 Å². The van der Waals surface area contributed by atoms with E-state index in [0.29, 0.717) is 16.7 Å². The summed E-state index contributed by atoms with van der Waals surface area (Å²) in [5.74, 6) is 0.758. The summed E-state index contributed by atoms with van der Waals surface area (Å²) in [5, 5.41) is 0.507. The monoisotopic (exact) mass is 309 g/mol. The Balaban J connectivity index is 2.26. The fraction of sp³-hybridized carbons (Fsp3) is 0.278. The van der Waals surface area contributed by atoms with Crippen molar-refractivity contribution in [3.63, 3.8) is 0 Å². The molecule has 3 aromatic rings. The van der Waals surface area contributed by atoms with Gasteiger partial charge >= 0.3 is 0 Å². The van der Waals surface area contributed by atoms with Crippen LogP contribution in [0.4, 0.5) is 0 Å².